The molecule has 90 valence electrons. The summed E-state index contributed by atoms with van der Waals surface area (Å²) in [5.74, 6) is 2.46. The third-order valence-corrected chi connectivity index (χ3v) is 4.73. The van der Waals surface area contributed by atoms with Gasteiger partial charge in [-0.2, -0.15) is 0 Å². The molecule has 2 heteroatoms. The Bertz CT molecular complexity index is 267. The largest absolute Gasteiger partial charge is 0.300 e. The highest BCUT2D eigenvalue weighted by atomic mass is 16.1. The molecule has 0 heterocycles. The summed E-state index contributed by atoms with van der Waals surface area (Å²) in [6.07, 6.45) is 6.53. The highest BCUT2D eigenvalue weighted by molar-refractivity contribution is 5.80. The van der Waals surface area contributed by atoms with Gasteiger partial charge >= 0.3 is 0 Å². The average Bonchev–Trinajstić information content (AvgIpc) is 2.63. The van der Waals surface area contributed by atoms with E-state index >= 15 is 0 Å². The number of hydrogen-bond donors (Lipinski definition) is 0. The predicted molar refractivity (Wildman–Crippen MR) is 63.0 cm³/mol. The zero-order chi connectivity index (χ0) is 11.7. The Morgan fingerprint density at radius 1 is 0.812 bits per heavy atom. The number of hydrogen-bond acceptors (Lipinski definition) is 2. The quantitative estimate of drug-likeness (QED) is 0.719. The van der Waals surface area contributed by atoms with E-state index in [9.17, 15) is 9.59 Å². The lowest BCUT2D eigenvalue weighted by Crippen LogP contribution is -2.26. The van der Waals surface area contributed by atoms with Gasteiger partial charge in [-0.05, 0) is 57.8 Å². The SMILES string of the molecule is CC(=O)[C@@H]1CCC[C@@H](C(C)=O)[C@H]2CC[C@@H]1C2. The molecule has 2 rings (SSSR count). The molecule has 0 aromatic heterocycles. The van der Waals surface area contributed by atoms with E-state index in [4.69, 9.17) is 0 Å². The van der Waals surface area contributed by atoms with Gasteiger partial charge in [-0.25, -0.2) is 0 Å². The minimum atomic E-state index is 0.290. The van der Waals surface area contributed by atoms with Gasteiger partial charge in [0.15, 0.2) is 0 Å². The van der Waals surface area contributed by atoms with Crippen LogP contribution in [0.1, 0.15) is 52.4 Å². The molecule has 0 unspecified atom stereocenters. The van der Waals surface area contributed by atoms with Gasteiger partial charge in [0, 0.05) is 11.8 Å². The Hall–Kier alpha value is -0.660. The Kier molecular flexibility index (Phi) is 3.46. The van der Waals surface area contributed by atoms with Crippen LogP contribution in [0.4, 0.5) is 0 Å². The summed E-state index contributed by atoms with van der Waals surface area (Å²) >= 11 is 0. The fourth-order valence-electron chi connectivity index (χ4n) is 3.88. The molecule has 2 aliphatic carbocycles. The number of fused-ring (bicyclic) bond motifs is 2. The summed E-state index contributed by atoms with van der Waals surface area (Å²) in [6, 6.07) is 0. The van der Waals surface area contributed by atoms with Gasteiger partial charge in [0.1, 0.15) is 11.6 Å². The molecular weight excluding hydrogens is 200 g/mol. The third-order valence-electron chi connectivity index (χ3n) is 4.73. The molecule has 2 bridgehead atoms. The molecule has 2 nitrogen and oxygen atoms in total. The number of carbonyl (C=O) groups is 2. The number of carbonyl (C=O) groups excluding carboxylic acids is 2. The van der Waals surface area contributed by atoms with Crippen LogP contribution in [0, 0.1) is 23.7 Å². The predicted octanol–water partition coefficient (Wildman–Crippen LogP) is 3.00. The van der Waals surface area contributed by atoms with Gasteiger partial charge in [-0.1, -0.05) is 6.42 Å². The second-order valence-electron chi connectivity index (χ2n) is 5.70. The van der Waals surface area contributed by atoms with E-state index in [0.717, 1.165) is 25.7 Å². The molecule has 4 atom stereocenters. The first-order valence-corrected chi connectivity index (χ1v) is 6.60. The lowest BCUT2D eigenvalue weighted by Gasteiger charge is -2.27. The van der Waals surface area contributed by atoms with Crippen LogP contribution in [0.5, 0.6) is 0 Å². The molecule has 0 saturated heterocycles. The maximum Gasteiger partial charge on any atom is 0.133 e. The maximum atomic E-state index is 11.6. The summed E-state index contributed by atoms with van der Waals surface area (Å²) < 4.78 is 0. The van der Waals surface area contributed by atoms with E-state index in [1.807, 2.05) is 0 Å². The van der Waals surface area contributed by atoms with Gasteiger partial charge in [-0.15, -0.1) is 0 Å². The van der Waals surface area contributed by atoms with E-state index in [2.05, 4.69) is 0 Å². The van der Waals surface area contributed by atoms with Crippen LogP contribution in [0.2, 0.25) is 0 Å². The number of ketones is 2. The summed E-state index contributed by atoms with van der Waals surface area (Å²) in [5.41, 5.74) is 0. The van der Waals surface area contributed by atoms with E-state index in [-0.39, 0.29) is 11.8 Å². The third kappa shape index (κ3) is 2.21. The van der Waals surface area contributed by atoms with Crippen molar-refractivity contribution < 1.29 is 9.59 Å². The topological polar surface area (TPSA) is 34.1 Å². The number of Topliss-reactive ketones (excluding diaryl/α,β-unsaturated/α-hetero) is 2. The average molecular weight is 222 g/mol. The standard InChI is InChI=1S/C14H22O2/c1-9(15)13-4-3-5-14(10(2)16)12-7-6-11(13)8-12/h11-14H,3-8H2,1-2H3/t11-,12+,13-,14-/m0/s1. The van der Waals surface area contributed by atoms with Crippen LogP contribution in [-0.2, 0) is 9.59 Å². The smallest absolute Gasteiger partial charge is 0.133 e. The first-order chi connectivity index (χ1) is 7.59. The zero-order valence-electron chi connectivity index (χ0n) is 10.4. The van der Waals surface area contributed by atoms with Crippen molar-refractivity contribution in [2.24, 2.45) is 23.7 Å². The molecule has 0 aliphatic heterocycles. The molecule has 0 radical (unpaired) electrons. The molecule has 0 N–H and O–H groups in total. The molecule has 16 heavy (non-hydrogen) atoms. The first-order valence-electron chi connectivity index (χ1n) is 6.60. The van der Waals surface area contributed by atoms with Gasteiger partial charge < -0.3 is 0 Å². The second kappa shape index (κ2) is 4.68. The Balaban J connectivity index is 2.10. The van der Waals surface area contributed by atoms with Crippen molar-refractivity contribution in [2.45, 2.75) is 52.4 Å². The van der Waals surface area contributed by atoms with E-state index in [0.29, 0.717) is 23.4 Å². The van der Waals surface area contributed by atoms with Crippen LogP contribution < -0.4 is 0 Å². The van der Waals surface area contributed by atoms with Crippen LogP contribution in [0.15, 0.2) is 0 Å². The Labute approximate surface area is 97.8 Å². The van der Waals surface area contributed by atoms with Crippen LogP contribution in [0.25, 0.3) is 0 Å². The Morgan fingerprint density at radius 3 is 1.62 bits per heavy atom. The van der Waals surface area contributed by atoms with Crippen molar-refractivity contribution >= 4 is 11.6 Å². The lowest BCUT2D eigenvalue weighted by molar-refractivity contribution is -0.123. The Morgan fingerprint density at radius 2 is 1.25 bits per heavy atom. The normalized spacial score (nSPS) is 38.9. The van der Waals surface area contributed by atoms with E-state index < -0.39 is 0 Å². The molecule has 2 fully saturated rings. The highest BCUT2D eigenvalue weighted by Crippen LogP contribution is 2.45. The van der Waals surface area contributed by atoms with Crippen molar-refractivity contribution in [3.63, 3.8) is 0 Å². The van der Waals surface area contributed by atoms with E-state index in [1.165, 1.54) is 12.8 Å². The molecule has 0 aromatic rings. The minimum Gasteiger partial charge on any atom is -0.300 e. The minimum absolute atomic E-state index is 0.290. The van der Waals surface area contributed by atoms with Gasteiger partial charge in [0.2, 0.25) is 0 Å². The van der Waals surface area contributed by atoms with Crippen molar-refractivity contribution in [1.82, 2.24) is 0 Å². The monoisotopic (exact) mass is 222 g/mol. The fraction of sp³-hybridized carbons (Fsp3) is 0.857. The molecule has 2 aliphatic rings. The van der Waals surface area contributed by atoms with Crippen molar-refractivity contribution in [1.29, 1.82) is 0 Å². The maximum absolute atomic E-state index is 11.6. The first kappa shape index (κ1) is 11.8. The zero-order valence-corrected chi connectivity index (χ0v) is 10.4. The van der Waals surface area contributed by atoms with Crippen molar-refractivity contribution in [2.75, 3.05) is 0 Å². The van der Waals surface area contributed by atoms with Crippen LogP contribution in [0.3, 0.4) is 0 Å². The number of rotatable bonds is 2. The van der Waals surface area contributed by atoms with Crippen molar-refractivity contribution in [3.05, 3.63) is 0 Å². The molecule has 0 amide bonds. The lowest BCUT2D eigenvalue weighted by atomic mass is 9.76. The molecule has 0 spiro atoms. The highest BCUT2D eigenvalue weighted by Gasteiger charge is 2.39. The summed E-state index contributed by atoms with van der Waals surface area (Å²) in [4.78, 5) is 23.2. The van der Waals surface area contributed by atoms with Gasteiger partial charge in [0.05, 0.1) is 0 Å². The summed E-state index contributed by atoms with van der Waals surface area (Å²) in [7, 11) is 0. The van der Waals surface area contributed by atoms with Crippen LogP contribution in [-0.4, -0.2) is 11.6 Å². The summed E-state index contributed by atoms with van der Waals surface area (Å²) in [5, 5.41) is 0. The van der Waals surface area contributed by atoms with Gasteiger partial charge in [-0.3, -0.25) is 9.59 Å². The molecule has 0 aromatic carbocycles. The molecule has 2 saturated carbocycles. The fourth-order valence-corrected chi connectivity index (χ4v) is 3.88. The molecular formula is C14H22O2. The van der Waals surface area contributed by atoms with E-state index in [1.54, 1.807) is 13.8 Å². The van der Waals surface area contributed by atoms with Gasteiger partial charge in [0.25, 0.3) is 0 Å². The van der Waals surface area contributed by atoms with Crippen LogP contribution >= 0.6 is 0 Å². The summed E-state index contributed by atoms with van der Waals surface area (Å²) in [6.45, 7) is 3.48. The second-order valence-corrected chi connectivity index (χ2v) is 5.70. The van der Waals surface area contributed by atoms with Crippen molar-refractivity contribution in [3.8, 4) is 0 Å².